The van der Waals surface area contributed by atoms with Crippen LogP contribution >= 0.6 is 23.2 Å². The second kappa shape index (κ2) is 11.0. The van der Waals surface area contributed by atoms with Gasteiger partial charge in [-0.05, 0) is 61.5 Å². The molecule has 0 unspecified atom stereocenters. The van der Waals surface area contributed by atoms with E-state index in [1.54, 1.807) is 37.3 Å². The third kappa shape index (κ3) is 5.37. The number of nitrogens with zero attached hydrogens (tertiary/aromatic N) is 1. The lowest BCUT2D eigenvalue weighted by Crippen LogP contribution is -2.30. The van der Waals surface area contributed by atoms with Crippen LogP contribution in [0.4, 0.5) is 5.69 Å². The number of methoxy groups -OCH3 is 2. The Labute approximate surface area is 228 Å². The molecular weight excluding hydrogens is 531 g/mol. The van der Waals surface area contributed by atoms with E-state index in [4.69, 9.17) is 32.7 Å². The van der Waals surface area contributed by atoms with Crippen molar-refractivity contribution in [1.82, 2.24) is 4.57 Å². The highest BCUT2D eigenvalue weighted by molar-refractivity contribution is 6.31. The highest BCUT2D eigenvalue weighted by Crippen LogP contribution is 2.29. The smallest absolute Gasteiger partial charge is 0.268 e. The maximum absolute atomic E-state index is 13.6. The van der Waals surface area contributed by atoms with Crippen molar-refractivity contribution in [2.75, 3.05) is 19.5 Å². The minimum absolute atomic E-state index is 0.0103. The molecule has 0 aliphatic heterocycles. The fourth-order valence-corrected chi connectivity index (χ4v) is 4.19. The number of aromatic hydroxyl groups is 1. The summed E-state index contributed by atoms with van der Waals surface area (Å²) in [6.07, 6.45) is 1.28. The zero-order valence-electron chi connectivity index (χ0n) is 20.5. The second-order valence-electron chi connectivity index (χ2n) is 8.28. The first kappa shape index (κ1) is 26.8. The summed E-state index contributed by atoms with van der Waals surface area (Å²) in [5.74, 6) is -1.06. The number of phenolic OH excluding ortho intramolecular Hbond substituents is 1. The number of carbonyl (C=O) groups is 2. The Morgan fingerprint density at radius 3 is 2.21 bits per heavy atom. The van der Waals surface area contributed by atoms with E-state index in [1.807, 2.05) is 0 Å². The van der Waals surface area contributed by atoms with Gasteiger partial charge in [0.2, 0.25) is 0 Å². The van der Waals surface area contributed by atoms with Crippen LogP contribution in [0.1, 0.15) is 31.8 Å². The maximum Gasteiger partial charge on any atom is 0.268 e. The number of nitrogens with one attached hydrogen (secondary N) is 1. The van der Waals surface area contributed by atoms with Gasteiger partial charge in [0, 0.05) is 21.8 Å². The van der Waals surface area contributed by atoms with Crippen molar-refractivity contribution in [2.45, 2.75) is 6.92 Å². The monoisotopic (exact) mass is 552 g/mol. The van der Waals surface area contributed by atoms with Gasteiger partial charge in [-0.25, -0.2) is 0 Å². The van der Waals surface area contributed by atoms with Crippen molar-refractivity contribution in [2.24, 2.45) is 0 Å². The minimum Gasteiger partial charge on any atom is -0.507 e. The number of pyridine rings is 1. The van der Waals surface area contributed by atoms with Crippen LogP contribution in [-0.2, 0) is 0 Å². The predicted molar refractivity (Wildman–Crippen MR) is 146 cm³/mol. The number of benzene rings is 3. The number of hydrogen-bond acceptors (Lipinski definition) is 6. The summed E-state index contributed by atoms with van der Waals surface area (Å²) in [6.45, 7) is 1.77. The Morgan fingerprint density at radius 2 is 1.53 bits per heavy atom. The minimum atomic E-state index is -0.812. The van der Waals surface area contributed by atoms with Crippen LogP contribution in [0.2, 0.25) is 10.0 Å². The molecule has 1 aromatic heterocycles. The molecule has 1 heterocycles. The summed E-state index contributed by atoms with van der Waals surface area (Å²) in [7, 11) is 2.83. The third-order valence-electron chi connectivity index (χ3n) is 5.73. The Hall–Kier alpha value is -4.27. The molecule has 194 valence electrons. The van der Waals surface area contributed by atoms with Gasteiger partial charge in [-0.2, -0.15) is 0 Å². The first-order chi connectivity index (χ1) is 18.1. The van der Waals surface area contributed by atoms with Crippen molar-refractivity contribution in [3.05, 3.63) is 110 Å². The van der Waals surface area contributed by atoms with Gasteiger partial charge in [0.05, 0.1) is 31.2 Å². The topological polar surface area (TPSA) is 107 Å². The van der Waals surface area contributed by atoms with Gasteiger partial charge in [0.1, 0.15) is 22.8 Å². The number of hydrogen-bond donors (Lipinski definition) is 2. The fraction of sp³-hybridized carbons (Fsp3) is 0.107. The largest absolute Gasteiger partial charge is 0.507 e. The van der Waals surface area contributed by atoms with Crippen LogP contribution in [0.15, 0.2) is 71.7 Å². The highest BCUT2D eigenvalue weighted by atomic mass is 35.5. The zero-order valence-corrected chi connectivity index (χ0v) is 22.1. The van der Waals surface area contributed by atoms with E-state index in [-0.39, 0.29) is 39.6 Å². The molecule has 0 atom stereocenters. The molecule has 0 aliphatic rings. The molecule has 8 nitrogen and oxygen atoms in total. The summed E-state index contributed by atoms with van der Waals surface area (Å²) in [5, 5.41) is 13.6. The van der Waals surface area contributed by atoms with Crippen LogP contribution in [-0.4, -0.2) is 35.6 Å². The van der Waals surface area contributed by atoms with Crippen molar-refractivity contribution in [1.29, 1.82) is 0 Å². The van der Waals surface area contributed by atoms with Crippen LogP contribution in [0.3, 0.4) is 0 Å². The molecule has 0 saturated heterocycles. The van der Waals surface area contributed by atoms with Crippen LogP contribution < -0.4 is 20.3 Å². The summed E-state index contributed by atoms with van der Waals surface area (Å²) in [4.78, 5) is 40.5. The summed E-state index contributed by atoms with van der Waals surface area (Å²) in [6, 6.07) is 15.0. The van der Waals surface area contributed by atoms with E-state index < -0.39 is 17.2 Å². The van der Waals surface area contributed by atoms with Crippen LogP contribution in [0.5, 0.6) is 17.2 Å². The van der Waals surface area contributed by atoms with Gasteiger partial charge in [-0.15, -0.1) is 0 Å². The van der Waals surface area contributed by atoms with Gasteiger partial charge in [0.25, 0.3) is 11.5 Å². The second-order valence-corrected chi connectivity index (χ2v) is 9.16. The molecule has 4 rings (SSSR count). The number of halogens is 2. The third-order valence-corrected chi connectivity index (χ3v) is 6.20. The van der Waals surface area contributed by atoms with Crippen molar-refractivity contribution in [3.8, 4) is 22.9 Å². The molecule has 3 aromatic carbocycles. The average Bonchev–Trinajstić information content (AvgIpc) is 2.90. The molecule has 1 amide bonds. The van der Waals surface area contributed by atoms with Crippen molar-refractivity contribution < 1.29 is 24.2 Å². The van der Waals surface area contributed by atoms with Crippen LogP contribution in [0, 0.1) is 6.92 Å². The molecule has 0 radical (unpaired) electrons. The number of aryl methyl sites for hydroxylation is 1. The molecule has 10 heteroatoms. The summed E-state index contributed by atoms with van der Waals surface area (Å²) < 4.78 is 11.8. The van der Waals surface area contributed by atoms with E-state index in [0.717, 1.165) is 10.1 Å². The van der Waals surface area contributed by atoms with Gasteiger partial charge in [-0.1, -0.05) is 34.8 Å². The molecular formula is C28H22Cl2N2O6. The quantitative estimate of drug-likeness (QED) is 0.286. The Bertz CT molecular complexity index is 1630. The molecule has 0 spiro atoms. The Morgan fingerprint density at radius 1 is 0.868 bits per heavy atom. The first-order valence-corrected chi connectivity index (χ1v) is 12.0. The number of rotatable bonds is 7. The van der Waals surface area contributed by atoms with E-state index in [9.17, 15) is 19.5 Å². The lowest BCUT2D eigenvalue weighted by molar-refractivity contribution is 0.102. The maximum atomic E-state index is 13.6. The van der Waals surface area contributed by atoms with Crippen molar-refractivity contribution >= 4 is 40.6 Å². The molecule has 0 saturated carbocycles. The Kier molecular flexibility index (Phi) is 7.75. The zero-order chi connectivity index (χ0) is 27.6. The van der Waals surface area contributed by atoms with Gasteiger partial charge >= 0.3 is 0 Å². The molecule has 0 fully saturated rings. The number of amides is 1. The molecule has 0 aliphatic carbocycles. The standard InChI is InChI=1S/C28H22Cl2N2O6/c1-15-4-7-23(33)19(10-15)26(34)16-11-20(27(35)31-21-12-17(29)5-8-24(21)37-2)28(36)32(14-16)22-13-18(30)6-9-25(22)38-3/h4-14,33H,1-3H3,(H,31,35). The predicted octanol–water partition coefficient (Wildman–Crippen LogP) is 5.66. The normalized spacial score (nSPS) is 10.7. The lowest BCUT2D eigenvalue weighted by Gasteiger charge is -2.16. The first-order valence-electron chi connectivity index (χ1n) is 11.2. The number of carbonyl (C=O) groups excluding carboxylic acids is 2. The van der Waals surface area contributed by atoms with Crippen LogP contribution in [0.25, 0.3) is 5.69 Å². The number of aromatic nitrogens is 1. The van der Waals surface area contributed by atoms with Gasteiger partial charge in [0.15, 0.2) is 5.78 Å². The average molecular weight is 553 g/mol. The van der Waals surface area contributed by atoms with Crippen molar-refractivity contribution in [3.63, 3.8) is 0 Å². The summed E-state index contributed by atoms with van der Waals surface area (Å²) >= 11 is 12.3. The van der Waals surface area contributed by atoms with E-state index in [1.165, 1.54) is 50.7 Å². The molecule has 0 bridgehead atoms. The number of phenols is 1. The number of ether oxygens (including phenoxy) is 2. The fourth-order valence-electron chi connectivity index (χ4n) is 3.85. The SMILES string of the molecule is COc1ccc(Cl)cc1NC(=O)c1cc(C(=O)c2cc(C)ccc2O)cn(-c2cc(Cl)ccc2OC)c1=O. The van der Waals surface area contributed by atoms with Gasteiger partial charge < -0.3 is 19.9 Å². The van der Waals surface area contributed by atoms with E-state index in [2.05, 4.69) is 5.32 Å². The van der Waals surface area contributed by atoms with E-state index in [0.29, 0.717) is 15.8 Å². The molecule has 38 heavy (non-hydrogen) atoms. The molecule has 4 aromatic rings. The molecule has 2 N–H and O–H groups in total. The lowest BCUT2D eigenvalue weighted by atomic mass is 10.00. The summed E-state index contributed by atoms with van der Waals surface area (Å²) in [5.41, 5.74) is 0.0573. The van der Waals surface area contributed by atoms with E-state index >= 15 is 0 Å². The Balaban J connectivity index is 1.93. The highest BCUT2D eigenvalue weighted by Gasteiger charge is 2.23. The number of ketones is 1. The van der Waals surface area contributed by atoms with Gasteiger partial charge in [-0.3, -0.25) is 19.0 Å². The number of anilines is 1.